The molecule has 0 fully saturated rings. The molecule has 0 atom stereocenters. The number of carbonyl (C=O) groups is 1. The molecule has 0 saturated carbocycles. The van der Waals surface area contributed by atoms with Crippen molar-refractivity contribution in [3.63, 3.8) is 0 Å². The third-order valence-electron chi connectivity index (χ3n) is 2.49. The number of carboxylic acids is 1. The van der Waals surface area contributed by atoms with Crippen molar-refractivity contribution < 1.29 is 19.7 Å². The van der Waals surface area contributed by atoms with Crippen molar-refractivity contribution >= 4 is 28.9 Å². The van der Waals surface area contributed by atoms with Crippen LogP contribution in [0.4, 0.5) is 11.4 Å². The van der Waals surface area contributed by atoms with E-state index in [-0.39, 0.29) is 10.7 Å². The molecule has 1 aromatic heterocycles. The number of carboxylic acid groups (broad SMARTS) is 1. The quantitative estimate of drug-likeness (QED) is 0.672. The van der Waals surface area contributed by atoms with Gasteiger partial charge in [-0.25, -0.2) is 9.48 Å². The third kappa shape index (κ3) is 2.51. The van der Waals surface area contributed by atoms with Crippen LogP contribution in [-0.2, 0) is 0 Å². The lowest BCUT2D eigenvalue weighted by atomic mass is 10.2. The highest BCUT2D eigenvalue weighted by Crippen LogP contribution is 2.32. The average Bonchev–Trinajstić information content (AvgIpc) is 2.83. The molecular formula is C10H5ClN4O6. The molecule has 11 heteroatoms. The Morgan fingerprint density at radius 1 is 1.29 bits per heavy atom. The second kappa shape index (κ2) is 5.17. The molecule has 0 bridgehead atoms. The first-order valence-electron chi connectivity index (χ1n) is 5.23. The summed E-state index contributed by atoms with van der Waals surface area (Å²) < 4.78 is 0.742. The summed E-state index contributed by atoms with van der Waals surface area (Å²) in [5.74, 6) is -1.62. The number of hydrogen-bond donors (Lipinski definition) is 1. The molecule has 10 nitrogen and oxygen atoms in total. The highest BCUT2D eigenvalue weighted by Gasteiger charge is 2.28. The number of rotatable bonds is 4. The van der Waals surface area contributed by atoms with Gasteiger partial charge < -0.3 is 5.11 Å². The van der Waals surface area contributed by atoms with Crippen molar-refractivity contribution in [2.24, 2.45) is 0 Å². The van der Waals surface area contributed by atoms with Gasteiger partial charge in [0.15, 0.2) is 0 Å². The van der Waals surface area contributed by atoms with Crippen molar-refractivity contribution in [1.29, 1.82) is 0 Å². The van der Waals surface area contributed by atoms with Crippen LogP contribution < -0.4 is 0 Å². The Morgan fingerprint density at radius 2 is 1.95 bits per heavy atom. The summed E-state index contributed by atoms with van der Waals surface area (Å²) in [7, 11) is 0. The zero-order valence-electron chi connectivity index (χ0n) is 9.96. The first-order valence-corrected chi connectivity index (χ1v) is 5.61. The molecule has 0 aliphatic rings. The highest BCUT2D eigenvalue weighted by atomic mass is 35.5. The number of benzene rings is 1. The molecule has 0 amide bonds. The number of aromatic nitrogens is 2. The van der Waals surface area contributed by atoms with Crippen LogP contribution in [0.3, 0.4) is 0 Å². The van der Waals surface area contributed by atoms with Crippen LogP contribution in [0.1, 0.15) is 10.5 Å². The normalized spacial score (nSPS) is 10.3. The van der Waals surface area contributed by atoms with E-state index >= 15 is 0 Å². The van der Waals surface area contributed by atoms with E-state index in [4.69, 9.17) is 16.7 Å². The van der Waals surface area contributed by atoms with Crippen molar-refractivity contribution in [2.45, 2.75) is 0 Å². The molecule has 0 radical (unpaired) electrons. The second-order valence-corrected chi connectivity index (χ2v) is 4.14. The standard InChI is InChI=1S/C10H5ClN4O6/c11-5-2-1-3-6(9(5)15(20)21)13-4-7(14(18)19)8(12-13)10(16)17/h1-4H,(H,16,17). The smallest absolute Gasteiger partial charge is 0.363 e. The molecule has 21 heavy (non-hydrogen) atoms. The largest absolute Gasteiger partial charge is 0.476 e. The summed E-state index contributed by atoms with van der Waals surface area (Å²) in [5, 5.41) is 34.0. The predicted octanol–water partition coefficient (Wildman–Crippen LogP) is 2.04. The molecule has 0 unspecified atom stereocenters. The van der Waals surface area contributed by atoms with Gasteiger partial charge in [-0.2, -0.15) is 5.10 Å². The maximum atomic E-state index is 11.0. The van der Waals surface area contributed by atoms with E-state index in [0.29, 0.717) is 0 Å². The molecule has 0 saturated heterocycles. The zero-order valence-corrected chi connectivity index (χ0v) is 10.7. The maximum Gasteiger partial charge on any atom is 0.363 e. The fourth-order valence-electron chi connectivity index (χ4n) is 1.64. The minimum absolute atomic E-state index is 0.178. The Labute approximate surface area is 120 Å². The van der Waals surface area contributed by atoms with E-state index in [2.05, 4.69) is 5.10 Å². The Morgan fingerprint density at radius 3 is 2.43 bits per heavy atom. The van der Waals surface area contributed by atoms with Gasteiger partial charge in [0.2, 0.25) is 5.69 Å². The van der Waals surface area contributed by atoms with Crippen LogP contribution in [-0.4, -0.2) is 30.7 Å². The predicted molar refractivity (Wildman–Crippen MR) is 68.8 cm³/mol. The monoisotopic (exact) mass is 312 g/mol. The molecular weight excluding hydrogens is 308 g/mol. The lowest BCUT2D eigenvalue weighted by molar-refractivity contribution is -0.385. The Balaban J connectivity index is 2.72. The average molecular weight is 313 g/mol. The van der Waals surface area contributed by atoms with Crippen LogP contribution in [0.5, 0.6) is 0 Å². The van der Waals surface area contributed by atoms with Gasteiger partial charge >= 0.3 is 17.3 Å². The topological polar surface area (TPSA) is 141 Å². The number of nitro groups is 2. The number of halogens is 1. The van der Waals surface area contributed by atoms with E-state index in [1.807, 2.05) is 0 Å². The fraction of sp³-hybridized carbons (Fsp3) is 0. The van der Waals surface area contributed by atoms with Crippen LogP contribution in [0.25, 0.3) is 5.69 Å². The number of aromatic carboxylic acids is 1. The maximum absolute atomic E-state index is 11.0. The number of nitrogens with zero attached hydrogens (tertiary/aromatic N) is 4. The van der Waals surface area contributed by atoms with Gasteiger partial charge in [-0.15, -0.1) is 0 Å². The van der Waals surface area contributed by atoms with Gasteiger partial charge in [-0.1, -0.05) is 17.7 Å². The number of hydrogen-bond acceptors (Lipinski definition) is 6. The van der Waals surface area contributed by atoms with Gasteiger partial charge in [-0.3, -0.25) is 20.2 Å². The van der Waals surface area contributed by atoms with E-state index in [1.54, 1.807) is 0 Å². The van der Waals surface area contributed by atoms with E-state index in [1.165, 1.54) is 18.2 Å². The lowest BCUT2D eigenvalue weighted by Crippen LogP contribution is -2.04. The van der Waals surface area contributed by atoms with Crippen molar-refractivity contribution in [1.82, 2.24) is 9.78 Å². The summed E-state index contributed by atoms with van der Waals surface area (Å²) in [4.78, 5) is 31.0. The molecule has 1 aromatic carbocycles. The number of para-hydroxylation sites is 1. The molecule has 108 valence electrons. The van der Waals surface area contributed by atoms with E-state index < -0.39 is 32.9 Å². The third-order valence-corrected chi connectivity index (χ3v) is 2.79. The van der Waals surface area contributed by atoms with Crippen molar-refractivity contribution in [3.8, 4) is 5.69 Å². The van der Waals surface area contributed by atoms with Gasteiger partial charge in [-0.05, 0) is 12.1 Å². The minimum atomic E-state index is -1.62. The Kier molecular flexibility index (Phi) is 3.54. The lowest BCUT2D eigenvalue weighted by Gasteiger charge is -2.03. The summed E-state index contributed by atoms with van der Waals surface area (Å²) in [6.07, 6.45) is 0.780. The molecule has 0 aliphatic heterocycles. The fourth-order valence-corrected chi connectivity index (χ4v) is 1.88. The van der Waals surface area contributed by atoms with Gasteiger partial charge in [0, 0.05) is 0 Å². The first kappa shape index (κ1) is 14.4. The number of nitro benzene ring substituents is 1. The van der Waals surface area contributed by atoms with Crippen LogP contribution >= 0.6 is 11.6 Å². The summed E-state index contributed by atoms with van der Waals surface area (Å²) in [5.41, 5.74) is -2.32. The molecule has 0 aliphatic carbocycles. The molecule has 1 heterocycles. The van der Waals surface area contributed by atoms with Crippen LogP contribution in [0.15, 0.2) is 24.4 Å². The summed E-state index contributed by atoms with van der Waals surface area (Å²) in [6.45, 7) is 0. The molecule has 0 spiro atoms. The summed E-state index contributed by atoms with van der Waals surface area (Å²) >= 11 is 5.71. The van der Waals surface area contributed by atoms with Gasteiger partial charge in [0.25, 0.3) is 0 Å². The Hall–Kier alpha value is -3.01. The highest BCUT2D eigenvalue weighted by molar-refractivity contribution is 6.33. The van der Waals surface area contributed by atoms with Crippen molar-refractivity contribution in [2.75, 3.05) is 0 Å². The first-order chi connectivity index (χ1) is 9.82. The minimum Gasteiger partial charge on any atom is -0.476 e. The van der Waals surface area contributed by atoms with E-state index in [9.17, 15) is 25.0 Å². The van der Waals surface area contributed by atoms with E-state index in [0.717, 1.165) is 10.9 Å². The zero-order chi connectivity index (χ0) is 15.7. The van der Waals surface area contributed by atoms with Crippen LogP contribution in [0, 0.1) is 20.2 Å². The SMILES string of the molecule is O=C(O)c1nn(-c2cccc(Cl)c2[N+](=O)[O-])cc1[N+](=O)[O-]. The summed E-state index contributed by atoms with van der Waals surface area (Å²) in [6, 6.07) is 3.88. The Bertz CT molecular complexity index is 739. The van der Waals surface area contributed by atoms with Gasteiger partial charge in [0.05, 0.1) is 9.85 Å². The van der Waals surface area contributed by atoms with Crippen LogP contribution in [0.2, 0.25) is 5.02 Å². The molecule has 2 rings (SSSR count). The molecule has 2 aromatic rings. The second-order valence-electron chi connectivity index (χ2n) is 3.73. The molecule has 1 N–H and O–H groups in total. The van der Waals surface area contributed by atoms with Gasteiger partial charge in [0.1, 0.15) is 16.9 Å². The van der Waals surface area contributed by atoms with Crippen molar-refractivity contribution in [3.05, 3.63) is 55.3 Å².